The molecular weight excluding hydrogens is 328 g/mol. The second-order valence-electron chi connectivity index (χ2n) is 6.82. The molecule has 3 rings (SSSR count). The monoisotopic (exact) mass is 352 g/mol. The summed E-state index contributed by atoms with van der Waals surface area (Å²) < 4.78 is 0. The van der Waals surface area contributed by atoms with Gasteiger partial charge in [0, 0.05) is 25.7 Å². The third kappa shape index (κ3) is 3.40. The van der Waals surface area contributed by atoms with E-state index in [2.05, 4.69) is 42.8 Å². The standard InChI is InChI=1S/C20H24N4O2/c1-5-18(25)24-9-8-16-17(12-24)21-22-19(16)20(26)23(4)11-15-7-6-13(2)14(3)10-15/h5-7,10H,1,8-9,11-12H2,2-4H3,(H,21,22). The van der Waals surface area contributed by atoms with Gasteiger partial charge in [-0.15, -0.1) is 0 Å². The lowest BCUT2D eigenvalue weighted by molar-refractivity contribution is -0.126. The first-order valence-electron chi connectivity index (χ1n) is 8.69. The molecule has 0 radical (unpaired) electrons. The van der Waals surface area contributed by atoms with Gasteiger partial charge >= 0.3 is 0 Å². The maximum atomic E-state index is 12.9. The second kappa shape index (κ2) is 7.15. The van der Waals surface area contributed by atoms with Crippen LogP contribution in [0.3, 0.4) is 0 Å². The molecule has 0 spiro atoms. The molecule has 1 aliphatic heterocycles. The molecule has 1 aliphatic rings. The number of nitrogens with zero attached hydrogens (tertiary/aromatic N) is 3. The predicted molar refractivity (Wildman–Crippen MR) is 99.6 cm³/mol. The van der Waals surface area contributed by atoms with E-state index in [1.165, 1.54) is 17.2 Å². The van der Waals surface area contributed by atoms with Gasteiger partial charge in [0.25, 0.3) is 5.91 Å². The van der Waals surface area contributed by atoms with Gasteiger partial charge < -0.3 is 9.80 Å². The summed E-state index contributed by atoms with van der Waals surface area (Å²) >= 11 is 0. The molecule has 6 heteroatoms. The number of carbonyl (C=O) groups excluding carboxylic acids is 2. The van der Waals surface area contributed by atoms with Crippen molar-refractivity contribution in [2.24, 2.45) is 0 Å². The molecule has 2 aromatic rings. The molecule has 136 valence electrons. The number of H-pyrrole nitrogens is 1. The van der Waals surface area contributed by atoms with Gasteiger partial charge in [-0.2, -0.15) is 5.10 Å². The van der Waals surface area contributed by atoms with Crippen LogP contribution < -0.4 is 0 Å². The van der Waals surface area contributed by atoms with Crippen LogP contribution in [0.2, 0.25) is 0 Å². The first-order chi connectivity index (χ1) is 12.4. The van der Waals surface area contributed by atoms with Crippen molar-refractivity contribution in [3.8, 4) is 0 Å². The van der Waals surface area contributed by atoms with Crippen molar-refractivity contribution in [3.63, 3.8) is 0 Å². The number of fused-ring (bicyclic) bond motifs is 1. The van der Waals surface area contributed by atoms with Crippen LogP contribution in [0.1, 0.15) is 38.4 Å². The van der Waals surface area contributed by atoms with E-state index >= 15 is 0 Å². The highest BCUT2D eigenvalue weighted by molar-refractivity contribution is 5.94. The molecule has 2 heterocycles. The maximum absolute atomic E-state index is 12.9. The molecule has 1 N–H and O–H groups in total. The van der Waals surface area contributed by atoms with Crippen LogP contribution in [0.5, 0.6) is 0 Å². The lowest BCUT2D eigenvalue weighted by Crippen LogP contribution is -2.35. The van der Waals surface area contributed by atoms with Crippen LogP contribution in [0.4, 0.5) is 0 Å². The van der Waals surface area contributed by atoms with Gasteiger partial charge in [0.05, 0.1) is 12.2 Å². The molecule has 1 aromatic heterocycles. The van der Waals surface area contributed by atoms with Crippen LogP contribution in [-0.2, 0) is 24.3 Å². The van der Waals surface area contributed by atoms with E-state index in [4.69, 9.17) is 0 Å². The molecule has 2 amide bonds. The Bertz CT molecular complexity index is 869. The zero-order valence-corrected chi connectivity index (χ0v) is 15.5. The average molecular weight is 352 g/mol. The van der Waals surface area contributed by atoms with Crippen LogP contribution >= 0.6 is 0 Å². The van der Waals surface area contributed by atoms with Gasteiger partial charge in [0.1, 0.15) is 0 Å². The van der Waals surface area contributed by atoms with Crippen LogP contribution in [0.15, 0.2) is 30.9 Å². The summed E-state index contributed by atoms with van der Waals surface area (Å²) in [5.74, 6) is -0.214. The number of nitrogens with one attached hydrogen (secondary N) is 1. The van der Waals surface area contributed by atoms with E-state index in [1.54, 1.807) is 16.8 Å². The van der Waals surface area contributed by atoms with E-state index in [0.717, 1.165) is 16.8 Å². The number of aromatic amines is 1. The largest absolute Gasteiger partial charge is 0.336 e. The van der Waals surface area contributed by atoms with Crippen molar-refractivity contribution in [2.45, 2.75) is 33.4 Å². The minimum Gasteiger partial charge on any atom is -0.336 e. The Morgan fingerprint density at radius 1 is 1.35 bits per heavy atom. The summed E-state index contributed by atoms with van der Waals surface area (Å²) in [6.45, 7) is 9.20. The van der Waals surface area contributed by atoms with Gasteiger partial charge in [0.15, 0.2) is 5.69 Å². The van der Waals surface area contributed by atoms with Crippen molar-refractivity contribution in [2.75, 3.05) is 13.6 Å². The summed E-state index contributed by atoms with van der Waals surface area (Å²) in [4.78, 5) is 28.0. The van der Waals surface area contributed by atoms with Gasteiger partial charge in [-0.1, -0.05) is 24.8 Å². The van der Waals surface area contributed by atoms with Crippen LogP contribution in [0.25, 0.3) is 0 Å². The molecule has 0 unspecified atom stereocenters. The summed E-state index contributed by atoms with van der Waals surface area (Å²) in [6, 6.07) is 6.23. The lowest BCUT2D eigenvalue weighted by Gasteiger charge is -2.26. The van der Waals surface area contributed by atoms with Crippen LogP contribution in [0, 0.1) is 13.8 Å². The Morgan fingerprint density at radius 3 is 2.81 bits per heavy atom. The molecule has 0 bridgehead atoms. The van der Waals surface area contributed by atoms with Gasteiger partial charge in [-0.25, -0.2) is 0 Å². The zero-order valence-electron chi connectivity index (χ0n) is 15.5. The number of hydrogen-bond acceptors (Lipinski definition) is 3. The van der Waals surface area contributed by atoms with Crippen molar-refractivity contribution >= 4 is 11.8 Å². The Hall–Kier alpha value is -2.89. The Labute approximate surface area is 153 Å². The van der Waals surface area contributed by atoms with E-state index in [1.807, 2.05) is 6.07 Å². The van der Waals surface area contributed by atoms with E-state index < -0.39 is 0 Å². The maximum Gasteiger partial charge on any atom is 0.274 e. The average Bonchev–Trinajstić information content (AvgIpc) is 3.06. The first kappa shape index (κ1) is 17.9. The number of hydrogen-bond donors (Lipinski definition) is 1. The number of rotatable bonds is 4. The highest BCUT2D eigenvalue weighted by Gasteiger charge is 2.27. The van der Waals surface area contributed by atoms with Crippen molar-refractivity contribution in [3.05, 3.63) is 64.5 Å². The van der Waals surface area contributed by atoms with E-state index in [0.29, 0.717) is 31.7 Å². The molecule has 0 fully saturated rings. The zero-order chi connectivity index (χ0) is 18.8. The normalized spacial score (nSPS) is 13.3. The molecule has 0 atom stereocenters. The fourth-order valence-electron chi connectivity index (χ4n) is 3.24. The molecule has 26 heavy (non-hydrogen) atoms. The fraction of sp³-hybridized carbons (Fsp3) is 0.350. The molecule has 1 aromatic carbocycles. The van der Waals surface area contributed by atoms with E-state index in [-0.39, 0.29) is 11.8 Å². The number of carbonyl (C=O) groups is 2. The Balaban J connectivity index is 1.74. The SMILES string of the molecule is C=CC(=O)N1CCc2c(C(=O)N(C)Cc3ccc(C)c(C)c3)n[nH]c2C1. The van der Waals surface area contributed by atoms with Gasteiger partial charge in [-0.3, -0.25) is 14.7 Å². The topological polar surface area (TPSA) is 69.3 Å². The third-order valence-corrected chi connectivity index (χ3v) is 4.96. The molecule has 0 aliphatic carbocycles. The van der Waals surface area contributed by atoms with Gasteiger partial charge in [0.2, 0.25) is 5.91 Å². The van der Waals surface area contributed by atoms with Crippen molar-refractivity contribution < 1.29 is 9.59 Å². The highest BCUT2D eigenvalue weighted by atomic mass is 16.2. The van der Waals surface area contributed by atoms with Crippen molar-refractivity contribution in [1.82, 2.24) is 20.0 Å². The predicted octanol–water partition coefficient (Wildman–Crippen LogP) is 2.37. The molecule has 0 saturated carbocycles. The Morgan fingerprint density at radius 2 is 2.12 bits per heavy atom. The van der Waals surface area contributed by atoms with E-state index in [9.17, 15) is 9.59 Å². The summed E-state index contributed by atoms with van der Waals surface area (Å²) in [5, 5.41) is 7.16. The molecule has 0 saturated heterocycles. The highest BCUT2D eigenvalue weighted by Crippen LogP contribution is 2.22. The first-order valence-corrected chi connectivity index (χ1v) is 8.69. The minimum atomic E-state index is -0.107. The summed E-state index contributed by atoms with van der Waals surface area (Å²) in [7, 11) is 1.79. The summed E-state index contributed by atoms with van der Waals surface area (Å²) in [6.07, 6.45) is 1.93. The second-order valence-corrected chi connectivity index (χ2v) is 6.82. The van der Waals surface area contributed by atoms with Crippen LogP contribution in [-0.4, -0.2) is 45.4 Å². The lowest BCUT2D eigenvalue weighted by atomic mass is 10.0. The van der Waals surface area contributed by atoms with Gasteiger partial charge in [-0.05, 0) is 43.0 Å². The number of amides is 2. The number of aromatic nitrogens is 2. The summed E-state index contributed by atoms with van der Waals surface area (Å²) in [5.41, 5.74) is 5.74. The third-order valence-electron chi connectivity index (χ3n) is 4.96. The molecular formula is C20H24N4O2. The minimum absolute atomic E-state index is 0.106. The molecule has 6 nitrogen and oxygen atoms in total. The van der Waals surface area contributed by atoms with Crippen molar-refractivity contribution in [1.29, 1.82) is 0 Å². The quantitative estimate of drug-likeness (QED) is 0.859. The number of aryl methyl sites for hydroxylation is 2. The number of benzene rings is 1. The smallest absolute Gasteiger partial charge is 0.274 e. The Kier molecular flexibility index (Phi) is 4.93. The fourth-order valence-corrected chi connectivity index (χ4v) is 3.24.